The standard InChI is InChI=1S/C13H11ClFNO/c14-12-6-9(4-5-13(12)15)8-16-10-2-1-3-11(17)7-10/h1-7,16-17H,8H2. The lowest BCUT2D eigenvalue weighted by molar-refractivity contribution is 0.475. The lowest BCUT2D eigenvalue weighted by Gasteiger charge is -2.07. The molecule has 0 heterocycles. The fourth-order valence-electron chi connectivity index (χ4n) is 1.47. The average Bonchev–Trinajstić information content (AvgIpc) is 2.31. The van der Waals surface area contributed by atoms with Crippen LogP contribution in [0.3, 0.4) is 0 Å². The molecule has 0 amide bonds. The van der Waals surface area contributed by atoms with Crippen LogP contribution in [0.5, 0.6) is 5.75 Å². The Morgan fingerprint density at radius 3 is 2.71 bits per heavy atom. The van der Waals surface area contributed by atoms with Crippen LogP contribution in [0.1, 0.15) is 5.56 Å². The van der Waals surface area contributed by atoms with Crippen LogP contribution in [-0.4, -0.2) is 5.11 Å². The van der Waals surface area contributed by atoms with Gasteiger partial charge in [0.25, 0.3) is 0 Å². The summed E-state index contributed by atoms with van der Waals surface area (Å²) in [6, 6.07) is 11.4. The molecule has 2 nitrogen and oxygen atoms in total. The zero-order valence-corrected chi connectivity index (χ0v) is 9.71. The van der Waals surface area contributed by atoms with E-state index in [0.717, 1.165) is 11.3 Å². The second kappa shape index (κ2) is 5.06. The van der Waals surface area contributed by atoms with Crippen molar-refractivity contribution in [2.75, 3.05) is 5.32 Å². The Morgan fingerprint density at radius 2 is 2.00 bits per heavy atom. The van der Waals surface area contributed by atoms with Gasteiger partial charge in [-0.1, -0.05) is 23.7 Å². The summed E-state index contributed by atoms with van der Waals surface area (Å²) in [5, 5.41) is 12.5. The number of rotatable bonds is 3. The number of phenolic OH excluding ortho intramolecular Hbond substituents is 1. The van der Waals surface area contributed by atoms with E-state index in [0.29, 0.717) is 6.54 Å². The van der Waals surface area contributed by atoms with Crippen LogP contribution in [-0.2, 0) is 6.54 Å². The van der Waals surface area contributed by atoms with Crippen molar-refractivity contribution < 1.29 is 9.50 Å². The molecule has 88 valence electrons. The van der Waals surface area contributed by atoms with Gasteiger partial charge in [-0.15, -0.1) is 0 Å². The SMILES string of the molecule is Oc1cccc(NCc2ccc(F)c(Cl)c2)c1. The van der Waals surface area contributed by atoms with Crippen molar-refractivity contribution in [2.45, 2.75) is 6.54 Å². The van der Waals surface area contributed by atoms with Crippen LogP contribution in [0.15, 0.2) is 42.5 Å². The molecular weight excluding hydrogens is 241 g/mol. The largest absolute Gasteiger partial charge is 0.508 e. The minimum Gasteiger partial charge on any atom is -0.508 e. The summed E-state index contributed by atoms with van der Waals surface area (Å²) in [4.78, 5) is 0. The van der Waals surface area contributed by atoms with Gasteiger partial charge in [0.2, 0.25) is 0 Å². The molecule has 0 bridgehead atoms. The Balaban J connectivity index is 2.05. The first-order chi connectivity index (χ1) is 8.15. The number of hydrogen-bond acceptors (Lipinski definition) is 2. The first-order valence-electron chi connectivity index (χ1n) is 5.12. The molecule has 2 aromatic carbocycles. The molecule has 0 aliphatic heterocycles. The highest BCUT2D eigenvalue weighted by Crippen LogP contribution is 2.19. The van der Waals surface area contributed by atoms with Crippen LogP contribution in [0, 0.1) is 5.82 Å². The van der Waals surface area contributed by atoms with Crippen LogP contribution < -0.4 is 5.32 Å². The van der Waals surface area contributed by atoms with E-state index in [1.54, 1.807) is 30.3 Å². The van der Waals surface area contributed by atoms with Gasteiger partial charge in [0, 0.05) is 18.3 Å². The summed E-state index contributed by atoms with van der Waals surface area (Å²) in [6.45, 7) is 0.517. The van der Waals surface area contributed by atoms with Crippen LogP contribution in [0.4, 0.5) is 10.1 Å². The van der Waals surface area contributed by atoms with Crippen LogP contribution in [0.25, 0.3) is 0 Å². The van der Waals surface area contributed by atoms with Crippen molar-refractivity contribution in [2.24, 2.45) is 0 Å². The van der Waals surface area contributed by atoms with Gasteiger partial charge in [-0.2, -0.15) is 0 Å². The number of anilines is 1. The Hall–Kier alpha value is -1.74. The lowest BCUT2D eigenvalue weighted by Crippen LogP contribution is -1.99. The second-order valence-electron chi connectivity index (χ2n) is 3.65. The zero-order chi connectivity index (χ0) is 12.3. The molecule has 0 unspecified atom stereocenters. The molecule has 0 spiro atoms. The summed E-state index contributed by atoms with van der Waals surface area (Å²) >= 11 is 5.68. The van der Waals surface area contributed by atoms with Crippen LogP contribution in [0.2, 0.25) is 5.02 Å². The molecule has 2 aromatic rings. The fourth-order valence-corrected chi connectivity index (χ4v) is 1.67. The molecule has 0 aliphatic rings. The fraction of sp³-hybridized carbons (Fsp3) is 0.0769. The van der Waals surface area contributed by atoms with Crippen molar-refractivity contribution in [3.63, 3.8) is 0 Å². The molecule has 2 N–H and O–H groups in total. The number of halogens is 2. The molecule has 0 saturated carbocycles. The molecule has 0 fully saturated rings. The Bertz CT molecular complexity index is 531. The van der Waals surface area contributed by atoms with E-state index in [1.165, 1.54) is 6.07 Å². The summed E-state index contributed by atoms with van der Waals surface area (Å²) in [6.07, 6.45) is 0. The third kappa shape index (κ3) is 3.11. The molecule has 17 heavy (non-hydrogen) atoms. The average molecular weight is 252 g/mol. The minimum absolute atomic E-state index is 0.111. The predicted molar refractivity (Wildman–Crippen MR) is 66.8 cm³/mol. The van der Waals surface area contributed by atoms with Gasteiger partial charge in [-0.25, -0.2) is 4.39 Å². The van der Waals surface area contributed by atoms with Gasteiger partial charge in [0.15, 0.2) is 0 Å². The summed E-state index contributed by atoms with van der Waals surface area (Å²) in [7, 11) is 0. The number of benzene rings is 2. The Labute approximate surface area is 104 Å². The van der Waals surface area contributed by atoms with E-state index in [1.807, 2.05) is 6.07 Å². The zero-order valence-electron chi connectivity index (χ0n) is 8.95. The number of aromatic hydroxyl groups is 1. The third-order valence-electron chi connectivity index (χ3n) is 2.33. The molecule has 0 atom stereocenters. The maximum Gasteiger partial charge on any atom is 0.141 e. The van der Waals surface area contributed by atoms with Gasteiger partial charge in [-0.3, -0.25) is 0 Å². The molecule has 2 rings (SSSR count). The summed E-state index contributed by atoms with van der Waals surface area (Å²) < 4.78 is 12.9. The van der Waals surface area contributed by atoms with Gasteiger partial charge >= 0.3 is 0 Å². The quantitative estimate of drug-likeness (QED) is 0.870. The van der Waals surface area contributed by atoms with Crippen molar-refractivity contribution in [3.05, 3.63) is 58.9 Å². The van der Waals surface area contributed by atoms with Gasteiger partial charge < -0.3 is 10.4 Å². The first-order valence-corrected chi connectivity index (χ1v) is 5.50. The highest BCUT2D eigenvalue weighted by atomic mass is 35.5. The number of hydrogen-bond donors (Lipinski definition) is 2. The monoisotopic (exact) mass is 251 g/mol. The normalized spacial score (nSPS) is 10.2. The highest BCUT2D eigenvalue weighted by Gasteiger charge is 2.01. The van der Waals surface area contributed by atoms with Crippen molar-refractivity contribution >= 4 is 17.3 Å². The molecule has 0 aliphatic carbocycles. The van der Waals surface area contributed by atoms with Gasteiger partial charge in [-0.05, 0) is 29.8 Å². The summed E-state index contributed by atoms with van der Waals surface area (Å²) in [5.74, 6) is -0.222. The topological polar surface area (TPSA) is 32.3 Å². The van der Waals surface area contributed by atoms with Gasteiger partial charge in [0.1, 0.15) is 11.6 Å². The van der Waals surface area contributed by atoms with Gasteiger partial charge in [0.05, 0.1) is 5.02 Å². The van der Waals surface area contributed by atoms with E-state index < -0.39 is 5.82 Å². The number of phenols is 1. The third-order valence-corrected chi connectivity index (χ3v) is 2.62. The smallest absolute Gasteiger partial charge is 0.141 e. The van der Waals surface area contributed by atoms with E-state index in [9.17, 15) is 9.50 Å². The lowest BCUT2D eigenvalue weighted by atomic mass is 10.2. The highest BCUT2D eigenvalue weighted by molar-refractivity contribution is 6.30. The maximum atomic E-state index is 12.9. The van der Waals surface area contributed by atoms with E-state index in [2.05, 4.69) is 5.32 Å². The molecule has 0 saturated heterocycles. The minimum atomic E-state index is -0.423. The molecule has 0 radical (unpaired) electrons. The van der Waals surface area contributed by atoms with Crippen molar-refractivity contribution in [3.8, 4) is 5.75 Å². The van der Waals surface area contributed by atoms with E-state index in [-0.39, 0.29) is 10.8 Å². The van der Waals surface area contributed by atoms with Crippen molar-refractivity contribution in [1.29, 1.82) is 0 Å². The van der Waals surface area contributed by atoms with E-state index >= 15 is 0 Å². The number of nitrogens with one attached hydrogen (secondary N) is 1. The molecule has 4 heteroatoms. The maximum absolute atomic E-state index is 12.9. The summed E-state index contributed by atoms with van der Waals surface area (Å²) in [5.41, 5.74) is 1.67. The Morgan fingerprint density at radius 1 is 1.18 bits per heavy atom. The molecule has 0 aromatic heterocycles. The van der Waals surface area contributed by atoms with Crippen LogP contribution >= 0.6 is 11.6 Å². The van der Waals surface area contributed by atoms with E-state index in [4.69, 9.17) is 11.6 Å². The predicted octanol–water partition coefficient (Wildman–Crippen LogP) is 3.80. The second-order valence-corrected chi connectivity index (χ2v) is 4.06. The Kier molecular flexibility index (Phi) is 3.49. The first kappa shape index (κ1) is 11.7. The molecular formula is C13H11ClFNO. The van der Waals surface area contributed by atoms with Crippen molar-refractivity contribution in [1.82, 2.24) is 0 Å².